The Bertz CT molecular complexity index is 174. The number of aliphatic hydroxyl groups excluding tert-OH is 1. The van der Waals surface area contributed by atoms with Crippen molar-refractivity contribution in [2.75, 3.05) is 13.2 Å². The largest absolute Gasteiger partial charge is 0.394 e. The summed E-state index contributed by atoms with van der Waals surface area (Å²) in [5.41, 5.74) is 0. The molecule has 1 rings (SSSR count). The molecule has 1 saturated heterocycles. The summed E-state index contributed by atoms with van der Waals surface area (Å²) in [5, 5.41) is 8.88. The van der Waals surface area contributed by atoms with E-state index in [0.29, 0.717) is 12.3 Å². The second-order valence-corrected chi connectivity index (χ2v) is 4.21. The zero-order chi connectivity index (χ0) is 9.14. The van der Waals surface area contributed by atoms with E-state index in [0.717, 1.165) is 13.0 Å². The lowest BCUT2D eigenvalue weighted by molar-refractivity contribution is -0.136. The lowest BCUT2D eigenvalue weighted by Gasteiger charge is -2.34. The van der Waals surface area contributed by atoms with Gasteiger partial charge in [0.15, 0.2) is 0 Å². The number of rotatable bonds is 2. The number of carbonyl (C=O) groups excluding carboxylic acids is 1. The first-order valence-electron chi connectivity index (χ1n) is 4.31. The van der Waals surface area contributed by atoms with E-state index in [1.807, 2.05) is 0 Å². The van der Waals surface area contributed by atoms with Crippen molar-refractivity contribution in [3.63, 3.8) is 0 Å². The second-order valence-electron chi connectivity index (χ2n) is 3.44. The van der Waals surface area contributed by atoms with Gasteiger partial charge in [0.05, 0.1) is 12.4 Å². The average Bonchev–Trinajstić information content (AvgIpc) is 2.08. The summed E-state index contributed by atoms with van der Waals surface area (Å²) in [7, 11) is 2.50. The molecule has 0 spiro atoms. The topological polar surface area (TPSA) is 40.5 Å². The number of hydrogen-bond acceptors (Lipinski definition) is 2. The minimum absolute atomic E-state index is 0.0309. The van der Waals surface area contributed by atoms with Crippen LogP contribution < -0.4 is 0 Å². The number of nitrogens with zero attached hydrogens (tertiary/aromatic N) is 1. The molecule has 12 heavy (non-hydrogen) atoms. The van der Waals surface area contributed by atoms with Crippen molar-refractivity contribution in [3.05, 3.63) is 0 Å². The maximum atomic E-state index is 11.3. The Morgan fingerprint density at radius 1 is 1.83 bits per heavy atom. The van der Waals surface area contributed by atoms with Crippen LogP contribution in [0.3, 0.4) is 0 Å². The maximum absolute atomic E-state index is 11.3. The van der Waals surface area contributed by atoms with Crippen molar-refractivity contribution in [2.24, 2.45) is 5.92 Å². The molecule has 1 aliphatic rings. The second kappa shape index (κ2) is 4.20. The van der Waals surface area contributed by atoms with E-state index in [-0.39, 0.29) is 18.3 Å². The number of likely N-dealkylation sites (tertiary alicyclic amines) is 1. The van der Waals surface area contributed by atoms with Gasteiger partial charge in [-0.25, -0.2) is 0 Å². The fourth-order valence-corrected chi connectivity index (χ4v) is 1.75. The van der Waals surface area contributed by atoms with Crippen LogP contribution in [0.5, 0.6) is 0 Å². The highest BCUT2D eigenvalue weighted by Gasteiger charge is 2.26. The summed E-state index contributed by atoms with van der Waals surface area (Å²) in [6.07, 6.45) is 1.62. The molecule has 0 saturated carbocycles. The number of piperidine rings is 1. The Morgan fingerprint density at radius 2 is 2.50 bits per heavy atom. The van der Waals surface area contributed by atoms with Crippen LogP contribution in [0.2, 0.25) is 0 Å². The highest BCUT2D eigenvalue weighted by atomic mass is 31.0. The first-order chi connectivity index (χ1) is 5.65. The molecule has 70 valence electrons. The molecule has 1 fully saturated rings. The number of aliphatic hydroxyl groups is 1. The van der Waals surface area contributed by atoms with E-state index < -0.39 is 0 Å². The molecule has 0 aromatic heterocycles. The normalized spacial score (nSPS) is 27.4. The fraction of sp³-hybridized carbons (Fsp3) is 0.875. The van der Waals surface area contributed by atoms with Gasteiger partial charge in [-0.2, -0.15) is 0 Å². The van der Waals surface area contributed by atoms with Gasteiger partial charge in [0.1, 0.15) is 0 Å². The molecular formula is C8H16NO2P. The quantitative estimate of drug-likeness (QED) is 0.640. The molecule has 0 aliphatic carbocycles. The van der Waals surface area contributed by atoms with Crippen LogP contribution in [-0.2, 0) is 4.79 Å². The predicted molar refractivity (Wildman–Crippen MR) is 50.7 cm³/mol. The molecule has 3 atom stereocenters. The van der Waals surface area contributed by atoms with Gasteiger partial charge in [0, 0.05) is 13.0 Å². The zero-order valence-electron chi connectivity index (χ0n) is 7.36. The smallest absolute Gasteiger partial charge is 0.223 e. The summed E-state index contributed by atoms with van der Waals surface area (Å²) < 4.78 is 0. The SMILES string of the molecule is C[C@H]1CCC(=O)N([C@H](P)CO)C1. The fourth-order valence-electron chi connectivity index (χ4n) is 1.46. The third-order valence-corrected chi connectivity index (χ3v) is 2.84. The van der Waals surface area contributed by atoms with E-state index in [2.05, 4.69) is 16.2 Å². The minimum Gasteiger partial charge on any atom is -0.394 e. The molecule has 1 amide bonds. The molecule has 3 nitrogen and oxygen atoms in total. The van der Waals surface area contributed by atoms with Gasteiger partial charge in [-0.1, -0.05) is 6.92 Å². The summed E-state index contributed by atoms with van der Waals surface area (Å²) in [4.78, 5) is 13.1. The maximum Gasteiger partial charge on any atom is 0.223 e. The van der Waals surface area contributed by atoms with E-state index >= 15 is 0 Å². The monoisotopic (exact) mass is 189 g/mol. The van der Waals surface area contributed by atoms with Crippen molar-refractivity contribution in [3.8, 4) is 0 Å². The molecule has 1 aliphatic heterocycles. The molecular weight excluding hydrogens is 173 g/mol. The van der Waals surface area contributed by atoms with Crippen LogP contribution in [0.25, 0.3) is 0 Å². The van der Waals surface area contributed by atoms with Gasteiger partial charge in [0.25, 0.3) is 0 Å². The van der Waals surface area contributed by atoms with Crippen LogP contribution in [-0.4, -0.2) is 34.8 Å². The van der Waals surface area contributed by atoms with Gasteiger partial charge in [0.2, 0.25) is 5.91 Å². The van der Waals surface area contributed by atoms with Gasteiger partial charge in [-0.15, -0.1) is 9.24 Å². The van der Waals surface area contributed by atoms with Crippen LogP contribution in [0.15, 0.2) is 0 Å². The van der Waals surface area contributed by atoms with Crippen LogP contribution in [0, 0.1) is 5.92 Å². The molecule has 1 N–H and O–H groups in total. The third kappa shape index (κ3) is 2.18. The van der Waals surface area contributed by atoms with Crippen LogP contribution in [0.1, 0.15) is 19.8 Å². The lowest BCUT2D eigenvalue weighted by atomic mass is 10.00. The molecule has 1 unspecified atom stereocenters. The van der Waals surface area contributed by atoms with Crippen molar-refractivity contribution in [1.29, 1.82) is 0 Å². The summed E-state index contributed by atoms with van der Waals surface area (Å²) in [5.74, 6) is 0.639. The molecule has 4 heteroatoms. The summed E-state index contributed by atoms with van der Waals surface area (Å²) in [6, 6.07) is 0. The lowest BCUT2D eigenvalue weighted by Crippen LogP contribution is -2.44. The Labute approximate surface area is 75.3 Å². The zero-order valence-corrected chi connectivity index (χ0v) is 8.52. The molecule has 0 aromatic rings. The van der Waals surface area contributed by atoms with Gasteiger partial charge in [-0.05, 0) is 12.3 Å². The predicted octanol–water partition coefficient (Wildman–Crippen LogP) is 0.438. The number of amides is 1. The van der Waals surface area contributed by atoms with Crippen molar-refractivity contribution in [1.82, 2.24) is 4.90 Å². The Balaban J connectivity index is 2.54. The van der Waals surface area contributed by atoms with E-state index in [4.69, 9.17) is 5.11 Å². The summed E-state index contributed by atoms with van der Waals surface area (Å²) >= 11 is 0. The van der Waals surface area contributed by atoms with E-state index in [1.54, 1.807) is 4.90 Å². The highest BCUT2D eigenvalue weighted by molar-refractivity contribution is 7.17. The standard InChI is InChI=1S/C8H16NO2P/c1-6-2-3-7(11)9(4-6)8(12)5-10/h6,8,10H,2-5,12H2,1H3/t6-,8+/m0/s1. The molecule has 0 bridgehead atoms. The number of carbonyl (C=O) groups is 1. The average molecular weight is 189 g/mol. The minimum atomic E-state index is -0.0970. The van der Waals surface area contributed by atoms with Crippen molar-refractivity contribution >= 4 is 15.1 Å². The first kappa shape index (κ1) is 9.94. The van der Waals surface area contributed by atoms with Crippen molar-refractivity contribution < 1.29 is 9.90 Å². The van der Waals surface area contributed by atoms with Crippen LogP contribution >= 0.6 is 9.24 Å². The molecule has 0 radical (unpaired) electrons. The Hall–Kier alpha value is -0.140. The van der Waals surface area contributed by atoms with E-state index in [9.17, 15) is 4.79 Å². The number of hydrogen-bond donors (Lipinski definition) is 1. The van der Waals surface area contributed by atoms with E-state index in [1.165, 1.54) is 0 Å². The molecule has 0 aromatic carbocycles. The highest BCUT2D eigenvalue weighted by Crippen LogP contribution is 2.20. The van der Waals surface area contributed by atoms with Gasteiger partial charge < -0.3 is 10.0 Å². The first-order valence-corrected chi connectivity index (χ1v) is 4.97. The van der Waals surface area contributed by atoms with Gasteiger partial charge in [-0.3, -0.25) is 4.79 Å². The molecule has 1 heterocycles. The van der Waals surface area contributed by atoms with Crippen molar-refractivity contribution in [2.45, 2.75) is 25.5 Å². The van der Waals surface area contributed by atoms with Gasteiger partial charge >= 0.3 is 0 Å². The summed E-state index contributed by atoms with van der Waals surface area (Å²) in [6.45, 7) is 2.95. The Kier molecular flexibility index (Phi) is 3.48. The Morgan fingerprint density at radius 3 is 3.08 bits per heavy atom. The third-order valence-electron chi connectivity index (χ3n) is 2.27. The van der Waals surface area contributed by atoms with Crippen LogP contribution in [0.4, 0.5) is 0 Å².